The summed E-state index contributed by atoms with van der Waals surface area (Å²) in [6.07, 6.45) is 3.45. The number of aromatic amines is 1. The number of aliphatic hydroxyl groups is 1. The monoisotopic (exact) mass is 299 g/mol. The lowest BCUT2D eigenvalue weighted by molar-refractivity contribution is 0.104. The van der Waals surface area contributed by atoms with Gasteiger partial charge in [0.25, 0.3) is 0 Å². The summed E-state index contributed by atoms with van der Waals surface area (Å²) in [5, 5.41) is 15.8. The highest BCUT2D eigenvalue weighted by atomic mass is 19.1. The van der Waals surface area contributed by atoms with Crippen LogP contribution in [0.2, 0.25) is 0 Å². The Morgan fingerprint density at radius 1 is 1.36 bits per heavy atom. The van der Waals surface area contributed by atoms with E-state index in [-0.39, 0.29) is 28.5 Å². The van der Waals surface area contributed by atoms with Crippen molar-refractivity contribution in [1.29, 1.82) is 0 Å². The Bertz CT molecular complexity index is 837. The Morgan fingerprint density at radius 2 is 2.18 bits per heavy atom. The molecule has 6 nitrogen and oxygen atoms in total. The number of H-pyrrole nitrogens is 1. The third-order valence-corrected chi connectivity index (χ3v) is 2.94. The lowest BCUT2D eigenvalue weighted by Crippen LogP contribution is -1.95. The normalized spacial score (nSPS) is 11.6. The first kappa shape index (κ1) is 13.7. The van der Waals surface area contributed by atoms with Crippen LogP contribution in [0.4, 0.5) is 4.39 Å². The second-order valence-corrected chi connectivity index (χ2v) is 4.40. The SMILES string of the molecule is O=C(C=C(O)c1nc[nH]n1)c1coc(-c2ccccc2F)c1. The Kier molecular flexibility index (Phi) is 3.53. The zero-order valence-electron chi connectivity index (χ0n) is 11.2. The second-order valence-electron chi connectivity index (χ2n) is 4.40. The first-order valence-corrected chi connectivity index (χ1v) is 6.29. The molecule has 0 unspecified atom stereocenters. The summed E-state index contributed by atoms with van der Waals surface area (Å²) in [6.45, 7) is 0. The molecule has 0 radical (unpaired) electrons. The van der Waals surface area contributed by atoms with E-state index in [0.29, 0.717) is 0 Å². The highest BCUT2D eigenvalue weighted by Crippen LogP contribution is 2.25. The molecule has 0 aliphatic heterocycles. The smallest absolute Gasteiger partial charge is 0.215 e. The second kappa shape index (κ2) is 5.65. The molecule has 0 bridgehead atoms. The van der Waals surface area contributed by atoms with Gasteiger partial charge in [-0.3, -0.25) is 9.89 Å². The lowest BCUT2D eigenvalue weighted by Gasteiger charge is -1.96. The molecule has 0 saturated heterocycles. The third-order valence-electron chi connectivity index (χ3n) is 2.94. The van der Waals surface area contributed by atoms with E-state index < -0.39 is 11.6 Å². The zero-order valence-corrected chi connectivity index (χ0v) is 11.2. The number of hydrogen-bond donors (Lipinski definition) is 2. The first-order valence-electron chi connectivity index (χ1n) is 6.29. The van der Waals surface area contributed by atoms with E-state index in [4.69, 9.17) is 4.42 Å². The van der Waals surface area contributed by atoms with Gasteiger partial charge < -0.3 is 9.52 Å². The summed E-state index contributed by atoms with van der Waals surface area (Å²) in [5.74, 6) is -1.10. The largest absolute Gasteiger partial charge is 0.504 e. The van der Waals surface area contributed by atoms with Crippen molar-refractivity contribution in [3.63, 3.8) is 0 Å². The number of carbonyl (C=O) groups excluding carboxylic acids is 1. The quantitative estimate of drug-likeness (QED) is 0.439. The Balaban J connectivity index is 1.87. The van der Waals surface area contributed by atoms with Crippen molar-refractivity contribution in [3.05, 3.63) is 66.2 Å². The molecule has 0 atom stereocenters. The molecular formula is C15H10FN3O3. The van der Waals surface area contributed by atoms with Crippen LogP contribution in [0.15, 0.2) is 53.4 Å². The summed E-state index contributed by atoms with van der Waals surface area (Å²) in [4.78, 5) is 15.7. The van der Waals surface area contributed by atoms with Crippen molar-refractivity contribution in [2.24, 2.45) is 0 Å². The van der Waals surface area contributed by atoms with Crippen LogP contribution in [0.3, 0.4) is 0 Å². The Morgan fingerprint density at radius 3 is 2.91 bits per heavy atom. The maximum atomic E-state index is 13.7. The Labute approximate surface area is 123 Å². The van der Waals surface area contributed by atoms with Crippen LogP contribution >= 0.6 is 0 Å². The molecule has 22 heavy (non-hydrogen) atoms. The molecule has 0 aliphatic carbocycles. The molecule has 0 fully saturated rings. The maximum absolute atomic E-state index is 13.7. The third kappa shape index (κ3) is 2.64. The zero-order chi connectivity index (χ0) is 15.5. The fourth-order valence-corrected chi connectivity index (χ4v) is 1.87. The minimum atomic E-state index is -0.506. The topological polar surface area (TPSA) is 92.0 Å². The number of carbonyl (C=O) groups is 1. The molecule has 2 heterocycles. The van der Waals surface area contributed by atoms with Crippen LogP contribution in [0.5, 0.6) is 0 Å². The van der Waals surface area contributed by atoms with Gasteiger partial charge in [-0.2, -0.15) is 5.10 Å². The Hall–Kier alpha value is -3.22. The van der Waals surface area contributed by atoms with Crippen molar-refractivity contribution in [3.8, 4) is 11.3 Å². The molecule has 0 saturated carbocycles. The number of allylic oxidation sites excluding steroid dienone is 1. The van der Waals surface area contributed by atoms with Crippen LogP contribution in [0, 0.1) is 5.82 Å². The van der Waals surface area contributed by atoms with Crippen molar-refractivity contribution in [1.82, 2.24) is 15.2 Å². The number of halogens is 1. The highest BCUT2D eigenvalue weighted by Gasteiger charge is 2.14. The average Bonchev–Trinajstić information content (AvgIpc) is 3.19. The summed E-state index contributed by atoms with van der Waals surface area (Å²) in [7, 11) is 0. The van der Waals surface area contributed by atoms with E-state index in [1.807, 2.05) is 0 Å². The van der Waals surface area contributed by atoms with Gasteiger partial charge in [-0.1, -0.05) is 12.1 Å². The summed E-state index contributed by atoms with van der Waals surface area (Å²) >= 11 is 0. The minimum absolute atomic E-state index is 0.00571. The van der Waals surface area contributed by atoms with E-state index in [1.165, 1.54) is 24.7 Å². The molecule has 2 aromatic heterocycles. The fourth-order valence-electron chi connectivity index (χ4n) is 1.87. The number of nitrogens with one attached hydrogen (secondary N) is 1. The molecule has 7 heteroatoms. The molecule has 0 spiro atoms. The number of nitrogens with zero attached hydrogens (tertiary/aromatic N) is 2. The summed E-state index contributed by atoms with van der Waals surface area (Å²) in [6, 6.07) is 7.48. The maximum Gasteiger partial charge on any atom is 0.215 e. The van der Waals surface area contributed by atoms with E-state index in [1.54, 1.807) is 18.2 Å². The predicted molar refractivity (Wildman–Crippen MR) is 75.4 cm³/mol. The van der Waals surface area contributed by atoms with Gasteiger partial charge in [-0.15, -0.1) is 0 Å². The standard InChI is InChI=1S/C15H10FN3O3/c16-11-4-2-1-3-10(11)14-5-9(7-22-14)12(20)6-13(21)15-17-8-18-19-15/h1-8,21H,(H,17,18,19). The van der Waals surface area contributed by atoms with Gasteiger partial charge in [0.05, 0.1) is 11.1 Å². The molecule has 3 aromatic rings. The number of hydrogen-bond acceptors (Lipinski definition) is 5. The summed E-state index contributed by atoms with van der Waals surface area (Å²) in [5.41, 5.74) is 0.434. The van der Waals surface area contributed by atoms with Crippen molar-refractivity contribution >= 4 is 11.5 Å². The number of rotatable bonds is 4. The predicted octanol–water partition coefficient (Wildman–Crippen LogP) is 2.99. The number of aromatic nitrogens is 3. The van der Waals surface area contributed by atoms with Crippen LogP contribution in [0.25, 0.3) is 17.1 Å². The minimum Gasteiger partial charge on any atom is -0.504 e. The molecule has 2 N–H and O–H groups in total. The molecule has 1 aromatic carbocycles. The molecular weight excluding hydrogens is 289 g/mol. The van der Waals surface area contributed by atoms with Gasteiger partial charge in [0.15, 0.2) is 11.5 Å². The number of ketones is 1. The average molecular weight is 299 g/mol. The van der Waals surface area contributed by atoms with E-state index >= 15 is 0 Å². The lowest BCUT2D eigenvalue weighted by atomic mass is 10.1. The van der Waals surface area contributed by atoms with Gasteiger partial charge in [0.2, 0.25) is 5.82 Å². The number of benzene rings is 1. The van der Waals surface area contributed by atoms with Crippen LogP contribution in [-0.4, -0.2) is 26.1 Å². The van der Waals surface area contributed by atoms with Gasteiger partial charge in [-0.05, 0) is 18.2 Å². The van der Waals surface area contributed by atoms with E-state index in [0.717, 1.165) is 6.08 Å². The molecule has 110 valence electrons. The summed E-state index contributed by atoms with van der Waals surface area (Å²) < 4.78 is 18.9. The number of furan rings is 1. The van der Waals surface area contributed by atoms with E-state index in [2.05, 4.69) is 15.2 Å². The number of aliphatic hydroxyl groups excluding tert-OH is 1. The highest BCUT2D eigenvalue weighted by molar-refractivity contribution is 6.07. The van der Waals surface area contributed by atoms with Crippen molar-refractivity contribution < 1.29 is 18.7 Å². The fraction of sp³-hybridized carbons (Fsp3) is 0. The van der Waals surface area contributed by atoms with Crippen molar-refractivity contribution in [2.75, 3.05) is 0 Å². The van der Waals surface area contributed by atoms with Gasteiger partial charge in [0, 0.05) is 6.08 Å². The molecule has 0 amide bonds. The van der Waals surface area contributed by atoms with Crippen LogP contribution in [-0.2, 0) is 0 Å². The van der Waals surface area contributed by atoms with E-state index in [9.17, 15) is 14.3 Å². The van der Waals surface area contributed by atoms with Gasteiger partial charge >= 0.3 is 0 Å². The van der Waals surface area contributed by atoms with Crippen LogP contribution in [0.1, 0.15) is 16.2 Å². The van der Waals surface area contributed by atoms with Gasteiger partial charge in [-0.25, -0.2) is 9.37 Å². The van der Waals surface area contributed by atoms with Crippen LogP contribution < -0.4 is 0 Å². The van der Waals surface area contributed by atoms with Crippen molar-refractivity contribution in [2.45, 2.75) is 0 Å². The van der Waals surface area contributed by atoms with Gasteiger partial charge in [0.1, 0.15) is 24.2 Å². The first-order chi connectivity index (χ1) is 10.6. The molecule has 0 aliphatic rings. The molecule has 3 rings (SSSR count).